The Kier molecular flexibility index (Phi) is 4.89. The van der Waals surface area contributed by atoms with Gasteiger partial charge in [0, 0.05) is 12.2 Å². The van der Waals surface area contributed by atoms with Crippen LogP contribution in [-0.4, -0.2) is 47.4 Å². The molecule has 3 rings (SSSR count). The quantitative estimate of drug-likeness (QED) is 0.766. The molecule has 2 aliphatic heterocycles. The monoisotopic (exact) mass is 358 g/mol. The van der Waals surface area contributed by atoms with Crippen LogP contribution < -0.4 is 16.0 Å². The number of nitrogens with zero attached hydrogens (tertiary/aromatic N) is 1. The maximum absolute atomic E-state index is 12.6. The molecule has 1 aromatic rings. The second-order valence-electron chi connectivity index (χ2n) is 7.64. The zero-order chi connectivity index (χ0) is 19.0. The third-order valence-electron chi connectivity index (χ3n) is 4.93. The summed E-state index contributed by atoms with van der Waals surface area (Å²) in [6.07, 6.45) is 0.433. The molecular formula is C19H26N4O3. The minimum absolute atomic E-state index is 0.0345. The number of aryl methyl sites for hydroxylation is 2. The van der Waals surface area contributed by atoms with E-state index in [1.54, 1.807) is 4.90 Å². The molecule has 7 nitrogen and oxygen atoms in total. The number of fused-ring (bicyclic) bond motifs is 1. The van der Waals surface area contributed by atoms with Gasteiger partial charge in [0.1, 0.15) is 12.1 Å². The first-order valence-electron chi connectivity index (χ1n) is 9.01. The van der Waals surface area contributed by atoms with Crippen LogP contribution in [0.3, 0.4) is 0 Å². The number of piperazine rings is 1. The molecule has 0 spiro atoms. The number of hydrogen-bond donors (Lipinski definition) is 3. The SMILES string of the molecule is Cc1cc(C)cc(NC(=O)N[C@H]2C[C@H]3C(=O)N[C@H](C(C)C)C(=O)N3C2)c1. The van der Waals surface area contributed by atoms with E-state index in [2.05, 4.69) is 16.0 Å². The molecule has 140 valence electrons. The smallest absolute Gasteiger partial charge is 0.319 e. The summed E-state index contributed by atoms with van der Waals surface area (Å²) >= 11 is 0. The highest BCUT2D eigenvalue weighted by molar-refractivity contribution is 5.98. The van der Waals surface area contributed by atoms with Gasteiger partial charge in [-0.15, -0.1) is 0 Å². The van der Waals surface area contributed by atoms with Crippen molar-refractivity contribution in [3.05, 3.63) is 29.3 Å². The van der Waals surface area contributed by atoms with Crippen LogP contribution in [-0.2, 0) is 9.59 Å². The highest BCUT2D eigenvalue weighted by Crippen LogP contribution is 2.25. The summed E-state index contributed by atoms with van der Waals surface area (Å²) in [5.41, 5.74) is 2.87. The van der Waals surface area contributed by atoms with Crippen LogP contribution in [0.5, 0.6) is 0 Å². The Morgan fingerprint density at radius 2 is 1.85 bits per heavy atom. The summed E-state index contributed by atoms with van der Waals surface area (Å²) in [5, 5.41) is 8.52. The summed E-state index contributed by atoms with van der Waals surface area (Å²) < 4.78 is 0. The summed E-state index contributed by atoms with van der Waals surface area (Å²) in [5.74, 6) is -0.168. The molecule has 26 heavy (non-hydrogen) atoms. The van der Waals surface area contributed by atoms with E-state index in [9.17, 15) is 14.4 Å². The molecule has 2 fully saturated rings. The molecule has 3 atom stereocenters. The second-order valence-corrected chi connectivity index (χ2v) is 7.64. The maximum Gasteiger partial charge on any atom is 0.319 e. The molecule has 0 aliphatic carbocycles. The van der Waals surface area contributed by atoms with Crippen molar-refractivity contribution in [2.24, 2.45) is 5.92 Å². The lowest BCUT2D eigenvalue weighted by Crippen LogP contribution is -2.62. The number of carbonyl (C=O) groups excluding carboxylic acids is 3. The van der Waals surface area contributed by atoms with Crippen LogP contribution in [0.15, 0.2) is 18.2 Å². The number of amides is 4. The topological polar surface area (TPSA) is 90.5 Å². The van der Waals surface area contributed by atoms with E-state index in [-0.39, 0.29) is 29.8 Å². The molecular weight excluding hydrogens is 332 g/mol. The van der Waals surface area contributed by atoms with Crippen molar-refractivity contribution in [2.75, 3.05) is 11.9 Å². The van der Waals surface area contributed by atoms with E-state index in [0.29, 0.717) is 13.0 Å². The molecule has 1 aromatic carbocycles. The standard InChI is InChI=1S/C19H26N4O3/c1-10(2)16-18(25)23-9-14(8-15(23)17(24)22-16)21-19(26)20-13-6-11(3)5-12(4)7-13/h5-7,10,14-16H,8-9H2,1-4H3,(H,22,24)(H2,20,21,26)/t14-,15-,16+/m0/s1. The number of nitrogens with one attached hydrogen (secondary N) is 3. The average Bonchev–Trinajstić information content (AvgIpc) is 2.93. The Morgan fingerprint density at radius 1 is 1.19 bits per heavy atom. The number of hydrogen-bond acceptors (Lipinski definition) is 3. The van der Waals surface area contributed by atoms with Crippen molar-refractivity contribution in [1.82, 2.24) is 15.5 Å². The number of rotatable bonds is 3. The molecule has 3 N–H and O–H groups in total. The normalized spacial score (nSPS) is 25.1. The fraction of sp³-hybridized carbons (Fsp3) is 0.526. The van der Waals surface area contributed by atoms with Crippen molar-refractivity contribution >= 4 is 23.5 Å². The van der Waals surface area contributed by atoms with Crippen LogP contribution in [0.25, 0.3) is 0 Å². The van der Waals surface area contributed by atoms with Crippen LogP contribution in [0.1, 0.15) is 31.4 Å². The molecule has 0 aromatic heterocycles. The van der Waals surface area contributed by atoms with Crippen molar-refractivity contribution < 1.29 is 14.4 Å². The van der Waals surface area contributed by atoms with Crippen molar-refractivity contribution in [1.29, 1.82) is 0 Å². The second kappa shape index (κ2) is 6.97. The molecule has 0 unspecified atom stereocenters. The van der Waals surface area contributed by atoms with E-state index in [1.165, 1.54) is 0 Å². The van der Waals surface area contributed by atoms with Gasteiger partial charge >= 0.3 is 6.03 Å². The number of benzene rings is 1. The lowest BCUT2D eigenvalue weighted by Gasteiger charge is -2.36. The maximum atomic E-state index is 12.6. The fourth-order valence-corrected chi connectivity index (χ4v) is 3.77. The van der Waals surface area contributed by atoms with Gasteiger partial charge in [-0.3, -0.25) is 9.59 Å². The zero-order valence-corrected chi connectivity index (χ0v) is 15.6. The molecule has 7 heteroatoms. The third-order valence-corrected chi connectivity index (χ3v) is 4.93. The van der Waals surface area contributed by atoms with Crippen LogP contribution >= 0.6 is 0 Å². The van der Waals surface area contributed by atoms with Gasteiger partial charge in [0.05, 0.1) is 6.04 Å². The third kappa shape index (κ3) is 3.66. The van der Waals surface area contributed by atoms with E-state index in [1.807, 2.05) is 45.9 Å². The molecule has 0 radical (unpaired) electrons. The van der Waals surface area contributed by atoms with E-state index < -0.39 is 12.1 Å². The van der Waals surface area contributed by atoms with Crippen LogP contribution in [0.2, 0.25) is 0 Å². The molecule has 2 saturated heterocycles. The van der Waals surface area contributed by atoms with E-state index in [4.69, 9.17) is 0 Å². The van der Waals surface area contributed by atoms with E-state index >= 15 is 0 Å². The molecule has 4 amide bonds. The first kappa shape index (κ1) is 18.2. The van der Waals surface area contributed by atoms with Crippen LogP contribution in [0, 0.1) is 19.8 Å². The van der Waals surface area contributed by atoms with Crippen LogP contribution in [0.4, 0.5) is 10.5 Å². The number of urea groups is 1. The van der Waals surface area contributed by atoms with Gasteiger partial charge in [0.25, 0.3) is 0 Å². The van der Waals surface area contributed by atoms with Gasteiger partial charge in [-0.1, -0.05) is 19.9 Å². The predicted molar refractivity (Wildman–Crippen MR) is 98.7 cm³/mol. The van der Waals surface area contributed by atoms with Crippen molar-refractivity contribution in [3.8, 4) is 0 Å². The highest BCUT2D eigenvalue weighted by atomic mass is 16.2. The largest absolute Gasteiger partial charge is 0.342 e. The van der Waals surface area contributed by atoms with Gasteiger partial charge < -0.3 is 20.9 Å². The minimum atomic E-state index is -0.496. The Labute approximate surface area is 153 Å². The summed E-state index contributed by atoms with van der Waals surface area (Å²) in [4.78, 5) is 38.8. The lowest BCUT2D eigenvalue weighted by atomic mass is 9.98. The van der Waals surface area contributed by atoms with Gasteiger partial charge in [-0.25, -0.2) is 4.79 Å². The molecule has 2 heterocycles. The van der Waals surface area contributed by atoms with Gasteiger partial charge in [-0.05, 0) is 49.4 Å². The van der Waals surface area contributed by atoms with E-state index in [0.717, 1.165) is 16.8 Å². The molecule has 2 aliphatic rings. The first-order valence-corrected chi connectivity index (χ1v) is 9.01. The average molecular weight is 358 g/mol. The first-order chi connectivity index (χ1) is 12.2. The number of anilines is 1. The molecule has 0 saturated carbocycles. The van der Waals surface area contributed by atoms with Gasteiger partial charge in [-0.2, -0.15) is 0 Å². The summed E-state index contributed by atoms with van der Waals surface area (Å²) in [6, 6.07) is 4.28. The Morgan fingerprint density at radius 3 is 2.46 bits per heavy atom. The Bertz CT molecular complexity index is 726. The minimum Gasteiger partial charge on any atom is -0.342 e. The Balaban J connectivity index is 1.62. The van der Waals surface area contributed by atoms with Gasteiger partial charge in [0.2, 0.25) is 11.8 Å². The number of carbonyl (C=O) groups is 3. The zero-order valence-electron chi connectivity index (χ0n) is 15.6. The highest BCUT2D eigenvalue weighted by Gasteiger charge is 2.47. The lowest BCUT2D eigenvalue weighted by molar-refractivity contribution is -0.148. The Hall–Kier alpha value is -2.57. The van der Waals surface area contributed by atoms with Crippen molar-refractivity contribution in [2.45, 2.75) is 52.2 Å². The predicted octanol–water partition coefficient (Wildman–Crippen LogP) is 1.55. The van der Waals surface area contributed by atoms with Gasteiger partial charge in [0.15, 0.2) is 0 Å². The van der Waals surface area contributed by atoms with Crippen molar-refractivity contribution in [3.63, 3.8) is 0 Å². The molecule has 0 bridgehead atoms. The summed E-state index contributed by atoms with van der Waals surface area (Å²) in [6.45, 7) is 8.12. The fourth-order valence-electron chi connectivity index (χ4n) is 3.77. The summed E-state index contributed by atoms with van der Waals surface area (Å²) in [7, 11) is 0.